The van der Waals surface area contributed by atoms with Gasteiger partial charge < -0.3 is 18.8 Å². The third kappa shape index (κ3) is 7.40. The van der Waals surface area contributed by atoms with E-state index in [0.717, 1.165) is 18.4 Å². The van der Waals surface area contributed by atoms with E-state index in [1.54, 1.807) is 0 Å². The summed E-state index contributed by atoms with van der Waals surface area (Å²) in [7, 11) is -1.91. The minimum atomic E-state index is -1.91. The second kappa shape index (κ2) is 9.84. The first kappa shape index (κ1) is 24.9. The first-order chi connectivity index (χ1) is 13.8. The Kier molecular flexibility index (Phi) is 8.16. The van der Waals surface area contributed by atoms with Crippen LogP contribution in [0.25, 0.3) is 0 Å². The van der Waals surface area contributed by atoms with E-state index >= 15 is 0 Å². The normalized spacial score (nSPS) is 20.9. The monoisotopic (exact) mass is 435 g/mol. The second-order valence-electron chi connectivity index (χ2n) is 10.9. The van der Waals surface area contributed by atoms with Crippen LogP contribution in [0, 0.1) is 0 Å². The van der Waals surface area contributed by atoms with E-state index in [-0.39, 0.29) is 23.3 Å². The Morgan fingerprint density at radius 1 is 1.07 bits per heavy atom. The lowest BCUT2D eigenvalue weighted by molar-refractivity contribution is -0.0311. The molecule has 5 nitrogen and oxygen atoms in total. The van der Waals surface area contributed by atoms with Crippen molar-refractivity contribution in [3.05, 3.63) is 35.9 Å². The Morgan fingerprint density at radius 3 is 2.27 bits per heavy atom. The van der Waals surface area contributed by atoms with Crippen LogP contribution in [0.4, 0.5) is 4.79 Å². The molecule has 0 saturated carbocycles. The van der Waals surface area contributed by atoms with Crippen LogP contribution in [0.1, 0.15) is 59.9 Å². The molecule has 0 N–H and O–H groups in total. The van der Waals surface area contributed by atoms with E-state index < -0.39 is 13.9 Å². The summed E-state index contributed by atoms with van der Waals surface area (Å²) in [5.41, 5.74) is 0.607. The fourth-order valence-electron chi connectivity index (χ4n) is 3.29. The van der Waals surface area contributed by atoms with Crippen molar-refractivity contribution in [3.63, 3.8) is 0 Å². The van der Waals surface area contributed by atoms with Crippen molar-refractivity contribution in [1.29, 1.82) is 0 Å². The molecule has 170 valence electrons. The smallest absolute Gasteiger partial charge is 0.410 e. The first-order valence-electron chi connectivity index (χ1n) is 11.1. The molecule has 1 heterocycles. The number of likely N-dealkylation sites (tertiary alicyclic amines) is 1. The molecule has 1 aromatic rings. The molecule has 1 saturated heterocycles. The van der Waals surface area contributed by atoms with Crippen molar-refractivity contribution in [3.8, 4) is 0 Å². The Hall–Kier alpha value is -1.37. The molecule has 0 radical (unpaired) electrons. The number of benzene rings is 1. The number of amides is 1. The molecular formula is C24H41NO4Si. The van der Waals surface area contributed by atoms with Crippen molar-refractivity contribution >= 4 is 14.4 Å². The number of hydrogen-bond donors (Lipinski definition) is 0. The zero-order chi connectivity index (χ0) is 22.6. The molecule has 1 aliphatic heterocycles. The van der Waals surface area contributed by atoms with Gasteiger partial charge in [0.15, 0.2) is 8.32 Å². The predicted molar refractivity (Wildman–Crippen MR) is 124 cm³/mol. The third-order valence-corrected chi connectivity index (χ3v) is 10.5. The summed E-state index contributed by atoms with van der Waals surface area (Å²) >= 11 is 0. The predicted octanol–water partition coefficient (Wildman–Crippen LogP) is 5.99. The van der Waals surface area contributed by atoms with Crippen LogP contribution in [-0.2, 0) is 20.5 Å². The summed E-state index contributed by atoms with van der Waals surface area (Å²) in [5, 5.41) is 0.138. The molecule has 1 aromatic carbocycles. The standard InChI is InChI=1S/C24H41NO4Si/c1-23(2,3)28-22(26)25-16-21(29-30(7,8)24(4,5)6)15-14-20(25)18-27-17-19-12-10-9-11-13-19/h9-13,20-21H,14-18H2,1-8H3/t20-,21+/m1/s1. The van der Waals surface area contributed by atoms with Gasteiger partial charge in [-0.1, -0.05) is 51.1 Å². The number of hydrogen-bond acceptors (Lipinski definition) is 4. The van der Waals surface area contributed by atoms with Crippen molar-refractivity contribution in [2.24, 2.45) is 0 Å². The molecule has 0 unspecified atom stereocenters. The summed E-state index contributed by atoms with van der Waals surface area (Å²) in [5.74, 6) is 0. The maximum absolute atomic E-state index is 13.0. The maximum Gasteiger partial charge on any atom is 0.410 e. The molecule has 0 spiro atoms. The minimum absolute atomic E-state index is 0.00262. The van der Waals surface area contributed by atoms with Crippen LogP contribution >= 0.6 is 0 Å². The van der Waals surface area contributed by atoms with E-state index in [4.69, 9.17) is 13.9 Å². The Morgan fingerprint density at radius 2 is 1.70 bits per heavy atom. The molecule has 6 heteroatoms. The van der Waals surface area contributed by atoms with Gasteiger partial charge in [-0.3, -0.25) is 0 Å². The lowest BCUT2D eigenvalue weighted by Gasteiger charge is -2.44. The quantitative estimate of drug-likeness (QED) is 0.515. The van der Waals surface area contributed by atoms with Crippen LogP contribution in [0.2, 0.25) is 18.1 Å². The summed E-state index contributed by atoms with van der Waals surface area (Å²) in [6, 6.07) is 10.1. The van der Waals surface area contributed by atoms with Gasteiger partial charge in [-0.15, -0.1) is 0 Å². The van der Waals surface area contributed by atoms with Crippen LogP contribution in [-0.4, -0.2) is 50.2 Å². The SMILES string of the molecule is CC(C)(C)OC(=O)N1C[C@@H](O[Si](C)(C)C(C)(C)C)CC[C@@H]1COCc1ccccc1. The molecule has 1 fully saturated rings. The highest BCUT2D eigenvalue weighted by atomic mass is 28.4. The van der Waals surface area contributed by atoms with E-state index in [2.05, 4.69) is 46.0 Å². The average molecular weight is 436 g/mol. The Bertz CT molecular complexity index is 679. The van der Waals surface area contributed by atoms with E-state index in [9.17, 15) is 4.79 Å². The minimum Gasteiger partial charge on any atom is -0.444 e. The number of piperidine rings is 1. The summed E-state index contributed by atoms with van der Waals surface area (Å²) in [6.45, 7) is 18.6. The van der Waals surface area contributed by atoms with Crippen LogP contribution < -0.4 is 0 Å². The summed E-state index contributed by atoms with van der Waals surface area (Å²) in [4.78, 5) is 14.8. The zero-order valence-electron chi connectivity index (χ0n) is 20.2. The number of carbonyl (C=O) groups is 1. The maximum atomic E-state index is 13.0. The van der Waals surface area contributed by atoms with Crippen molar-refractivity contribution in [2.45, 2.75) is 96.9 Å². The Labute approximate surface area is 184 Å². The number of nitrogens with zero attached hydrogens (tertiary/aromatic N) is 1. The largest absolute Gasteiger partial charge is 0.444 e. The van der Waals surface area contributed by atoms with Gasteiger partial charge in [0.05, 0.1) is 25.4 Å². The first-order valence-corrected chi connectivity index (χ1v) is 14.0. The molecule has 2 atom stereocenters. The molecular weight excluding hydrogens is 394 g/mol. The van der Waals surface area contributed by atoms with Crippen LogP contribution in [0.5, 0.6) is 0 Å². The highest BCUT2D eigenvalue weighted by molar-refractivity contribution is 6.74. The lowest BCUT2D eigenvalue weighted by Crippen LogP contribution is -2.55. The van der Waals surface area contributed by atoms with Gasteiger partial charge >= 0.3 is 6.09 Å². The second-order valence-corrected chi connectivity index (χ2v) is 15.6. The van der Waals surface area contributed by atoms with Crippen LogP contribution in [0.15, 0.2) is 30.3 Å². The van der Waals surface area contributed by atoms with Gasteiger partial charge in [-0.2, -0.15) is 0 Å². The van der Waals surface area contributed by atoms with E-state index in [1.807, 2.05) is 43.9 Å². The third-order valence-electron chi connectivity index (χ3n) is 5.98. The van der Waals surface area contributed by atoms with E-state index in [1.165, 1.54) is 0 Å². The van der Waals surface area contributed by atoms with Gasteiger partial charge in [0.25, 0.3) is 0 Å². The topological polar surface area (TPSA) is 48.0 Å². The van der Waals surface area contributed by atoms with Crippen molar-refractivity contribution in [2.75, 3.05) is 13.2 Å². The van der Waals surface area contributed by atoms with Crippen molar-refractivity contribution in [1.82, 2.24) is 4.90 Å². The Balaban J connectivity index is 2.04. The van der Waals surface area contributed by atoms with Gasteiger partial charge in [0.2, 0.25) is 0 Å². The number of ether oxygens (including phenoxy) is 2. The van der Waals surface area contributed by atoms with Crippen molar-refractivity contribution < 1.29 is 18.7 Å². The summed E-state index contributed by atoms with van der Waals surface area (Å²) < 4.78 is 18.3. The lowest BCUT2D eigenvalue weighted by atomic mass is 10.0. The van der Waals surface area contributed by atoms with Gasteiger partial charge in [0.1, 0.15) is 5.60 Å². The molecule has 1 amide bonds. The molecule has 0 bridgehead atoms. The molecule has 0 aromatic heterocycles. The number of rotatable bonds is 6. The molecule has 0 aliphatic carbocycles. The highest BCUT2D eigenvalue weighted by Gasteiger charge is 2.42. The zero-order valence-corrected chi connectivity index (χ0v) is 21.2. The van der Waals surface area contributed by atoms with Gasteiger partial charge in [-0.25, -0.2) is 4.79 Å². The molecule has 30 heavy (non-hydrogen) atoms. The van der Waals surface area contributed by atoms with Gasteiger partial charge in [0, 0.05) is 6.54 Å². The fraction of sp³-hybridized carbons (Fsp3) is 0.708. The number of carbonyl (C=O) groups excluding carboxylic acids is 1. The molecule has 2 rings (SSSR count). The van der Waals surface area contributed by atoms with Crippen LogP contribution in [0.3, 0.4) is 0 Å². The highest BCUT2D eigenvalue weighted by Crippen LogP contribution is 2.38. The fourth-order valence-corrected chi connectivity index (χ4v) is 4.67. The summed E-state index contributed by atoms with van der Waals surface area (Å²) in [6.07, 6.45) is 1.56. The average Bonchev–Trinajstić information content (AvgIpc) is 2.61. The van der Waals surface area contributed by atoms with Gasteiger partial charge in [-0.05, 0) is 57.3 Å². The molecule has 1 aliphatic rings. The van der Waals surface area contributed by atoms with E-state index in [0.29, 0.717) is 19.8 Å².